The van der Waals surface area contributed by atoms with Gasteiger partial charge in [0.25, 0.3) is 25.2 Å². The van der Waals surface area contributed by atoms with Crippen LogP contribution in [0.5, 0.6) is 23.7 Å². The molecule has 0 fully saturated rings. The van der Waals surface area contributed by atoms with Gasteiger partial charge in [0.15, 0.2) is 26.8 Å². The number of carbonyl (C=O) groups excluding carboxylic acids is 5. The number of aromatic nitrogens is 8. The number of fused-ring (bicyclic) bond motifs is 1. The maximum absolute atomic E-state index is 13.7. The molecule has 566 valence electrons. The van der Waals surface area contributed by atoms with Gasteiger partial charge in [0.2, 0.25) is 39.4 Å². The Hall–Kier alpha value is -10.5. The molecule has 5 heterocycles. The lowest BCUT2D eigenvalue weighted by atomic mass is 9.95. The number of rotatable bonds is 21. The van der Waals surface area contributed by atoms with Gasteiger partial charge in [-0.2, -0.15) is 51.3 Å². The number of benzene rings is 4. The van der Waals surface area contributed by atoms with Crippen LogP contribution < -0.4 is 38.7 Å². The van der Waals surface area contributed by atoms with Gasteiger partial charge in [-0.3, -0.25) is 14.8 Å². The molecule has 1 aliphatic rings. The van der Waals surface area contributed by atoms with Crippen LogP contribution in [-0.4, -0.2) is 173 Å². The first kappa shape index (κ1) is 83.4. The normalized spacial score (nSPS) is 13.6. The number of ether oxygens (including phenoxy) is 6. The Morgan fingerprint density at radius 3 is 1.89 bits per heavy atom. The highest BCUT2D eigenvalue weighted by molar-refractivity contribution is 7.92. The molecule has 0 saturated heterocycles. The van der Waals surface area contributed by atoms with E-state index in [0.717, 1.165) is 60.6 Å². The number of methoxy groups -OCH3 is 4. The molecular formula is C59H60Cl2F6N14O20S4. The van der Waals surface area contributed by atoms with Gasteiger partial charge in [-0.25, -0.2) is 81.7 Å². The van der Waals surface area contributed by atoms with E-state index >= 15 is 0 Å². The van der Waals surface area contributed by atoms with Gasteiger partial charge in [-0.05, 0) is 93.9 Å². The van der Waals surface area contributed by atoms with Crippen molar-refractivity contribution in [3.05, 3.63) is 146 Å². The standard InChI is InChI=1S/C17H21N5O9S2.C16H18Cl2N2O4.C14H13F3N2O4S.C12H8F3N5O3S/c1-29-13-8-14(30-2)20-16(19-13)21-17(24)22-33(27,28)12-7-10(9-18-32(4,25)26)5-6-11(12)15(23)31-3;1-4-23-14(21)12-9-16(3,15(22)24-5-2)20(19-12)13-7-6-10(17)8-11(13)18;1-7-11(13(21)19(2)18-7)12(20)9-5-4-8(14(15,16)17)6-10(9)24(3,22)23;1-23-12-16-5-8(15)10-17-11(18-20(10)12)24(21,22)19-9-6(13)3-2-4-7(9)14/h5-8,18H,9H2,1-4H3,(H2,19,20,21,22,24);6-8H,4-5,9H2,1-3H3;4-6,21H,1-3H3;2-5,19H,1H3. The number of amides is 2. The van der Waals surface area contributed by atoms with E-state index in [1.165, 1.54) is 52.4 Å². The van der Waals surface area contributed by atoms with Gasteiger partial charge in [-0.1, -0.05) is 35.3 Å². The molecule has 4 aromatic carbocycles. The van der Waals surface area contributed by atoms with Crippen LogP contribution in [0.15, 0.2) is 105 Å². The monoisotopic (exact) mass is 1600 g/mol. The third-order valence-electron chi connectivity index (χ3n) is 13.7. The Balaban J connectivity index is 0.000000222. The number of aromatic hydroxyl groups is 1. The summed E-state index contributed by atoms with van der Waals surface area (Å²) >= 11 is 12.2. The minimum atomic E-state index is -4.76. The number of sulfone groups is 1. The largest absolute Gasteiger partial charge is 0.493 e. The molecule has 105 heavy (non-hydrogen) atoms. The lowest BCUT2D eigenvalue weighted by molar-refractivity contribution is -0.148. The van der Waals surface area contributed by atoms with E-state index in [0.29, 0.717) is 38.6 Å². The van der Waals surface area contributed by atoms with Crippen molar-refractivity contribution in [1.82, 2.24) is 48.8 Å². The Bertz CT molecular complexity index is 5150. The van der Waals surface area contributed by atoms with E-state index in [-0.39, 0.29) is 78.0 Å². The van der Waals surface area contributed by atoms with E-state index in [1.807, 2.05) is 0 Å². The molecule has 9 rings (SSSR count). The second-order valence-electron chi connectivity index (χ2n) is 21.2. The number of urea groups is 1. The number of sulfonamides is 3. The topological polar surface area (TPSA) is 448 Å². The van der Waals surface area contributed by atoms with Gasteiger partial charge < -0.3 is 33.5 Å². The summed E-state index contributed by atoms with van der Waals surface area (Å²) in [4.78, 5) is 74.9. The zero-order chi connectivity index (χ0) is 78.6. The van der Waals surface area contributed by atoms with Crippen LogP contribution in [0.4, 0.5) is 48.5 Å². The number of para-hydroxylation sites is 1. The summed E-state index contributed by atoms with van der Waals surface area (Å²) in [6.45, 7) is 6.64. The Labute approximate surface area is 603 Å². The molecule has 0 spiro atoms. The van der Waals surface area contributed by atoms with Gasteiger partial charge in [0.05, 0.1) is 92.6 Å². The van der Waals surface area contributed by atoms with E-state index in [1.54, 1.807) is 48.4 Å². The van der Waals surface area contributed by atoms with E-state index in [9.17, 15) is 89.1 Å². The minimum absolute atomic E-state index is 0.0408. The number of ketones is 1. The number of hydrogen-bond donors (Lipinski definition) is 5. The van der Waals surface area contributed by atoms with Crippen LogP contribution in [0, 0.1) is 24.4 Å². The zero-order valence-electron chi connectivity index (χ0n) is 56.2. The van der Waals surface area contributed by atoms with Crippen molar-refractivity contribution >= 4 is 122 Å². The van der Waals surface area contributed by atoms with Crippen molar-refractivity contribution < 1.29 is 118 Å². The Kier molecular flexibility index (Phi) is 26.9. The SMILES string of the molecule is CCOC(=O)C1=NN(c2ccc(Cl)cc2Cl)C(C)(C(=O)OCC)C1.COC(=O)c1ccc(CNS(C)(=O)=O)cc1S(=O)(=O)NC(=O)Nc1nc(OC)cc(OC)n1.COc1ncc(F)c2nc(S(=O)(=O)Nc3c(F)cccc3F)nn12.Cc1nn(C)c(O)c1C(=O)c1ccc(C(F)(F)F)cc1S(C)(=O)=O. The molecule has 4 aromatic heterocycles. The van der Waals surface area contributed by atoms with Crippen LogP contribution in [-0.2, 0) is 83.5 Å². The van der Waals surface area contributed by atoms with Gasteiger partial charge in [0.1, 0.15) is 33.5 Å². The number of carbonyl (C=O) groups is 5. The molecular weight excluding hydrogens is 1540 g/mol. The fourth-order valence-corrected chi connectivity index (χ4v) is 12.8. The summed E-state index contributed by atoms with van der Waals surface area (Å²) in [6, 6.07) is 12.8. The maximum Gasteiger partial charge on any atom is 0.416 e. The smallest absolute Gasteiger partial charge is 0.416 e. The lowest BCUT2D eigenvalue weighted by Gasteiger charge is -2.32. The minimum Gasteiger partial charge on any atom is -0.493 e. The molecule has 46 heteroatoms. The number of hydrazone groups is 1. The third kappa shape index (κ3) is 20.7. The van der Waals surface area contributed by atoms with Crippen LogP contribution in [0.2, 0.25) is 10.0 Å². The van der Waals surface area contributed by atoms with E-state index < -0.39 is 142 Å². The summed E-state index contributed by atoms with van der Waals surface area (Å²) < 4.78 is 213. The maximum atomic E-state index is 13.7. The molecule has 8 aromatic rings. The van der Waals surface area contributed by atoms with Crippen molar-refractivity contribution in [2.45, 2.75) is 67.3 Å². The van der Waals surface area contributed by atoms with Crippen molar-refractivity contribution in [2.24, 2.45) is 12.1 Å². The average molecular weight is 1600 g/mol. The quantitative estimate of drug-likeness (QED) is 0.0215. The second-order valence-corrected chi connectivity index (χ2v) is 29.1. The molecule has 0 saturated carbocycles. The summed E-state index contributed by atoms with van der Waals surface area (Å²) in [5, 5.41) is 24.9. The lowest BCUT2D eigenvalue weighted by Crippen LogP contribution is -2.48. The number of anilines is 3. The van der Waals surface area contributed by atoms with Gasteiger partial charge in [0, 0.05) is 36.9 Å². The molecule has 5 N–H and O–H groups in total. The Morgan fingerprint density at radius 1 is 0.733 bits per heavy atom. The highest BCUT2D eigenvalue weighted by Gasteiger charge is 2.50. The molecule has 1 unspecified atom stereocenters. The summed E-state index contributed by atoms with van der Waals surface area (Å²) in [5.41, 5.74) is -3.94. The van der Waals surface area contributed by atoms with Crippen molar-refractivity contribution in [2.75, 3.05) is 69.2 Å². The number of nitrogens with zero attached hydrogens (tertiary/aromatic N) is 10. The number of alkyl halides is 3. The molecule has 0 aliphatic carbocycles. The van der Waals surface area contributed by atoms with Gasteiger partial charge in [-0.15, -0.1) is 5.10 Å². The Morgan fingerprint density at radius 2 is 1.35 bits per heavy atom. The number of halogens is 8. The first-order valence-electron chi connectivity index (χ1n) is 29.1. The van der Waals surface area contributed by atoms with Crippen LogP contribution >= 0.6 is 23.2 Å². The van der Waals surface area contributed by atoms with Crippen molar-refractivity contribution in [1.29, 1.82) is 0 Å². The predicted octanol–water partition coefficient (Wildman–Crippen LogP) is 6.72. The van der Waals surface area contributed by atoms with Crippen molar-refractivity contribution in [3.8, 4) is 23.7 Å². The highest BCUT2D eigenvalue weighted by Crippen LogP contribution is 2.40. The molecule has 1 aliphatic heterocycles. The highest BCUT2D eigenvalue weighted by atomic mass is 35.5. The number of esters is 3. The molecule has 1 atom stereocenters. The average Bonchev–Trinajstić information content (AvgIpc) is 1.57. The van der Waals surface area contributed by atoms with Crippen molar-refractivity contribution in [3.63, 3.8) is 0 Å². The van der Waals surface area contributed by atoms with Crippen LogP contribution in [0.25, 0.3) is 5.65 Å². The zero-order valence-corrected chi connectivity index (χ0v) is 61.0. The molecule has 0 bridgehead atoms. The second kappa shape index (κ2) is 33.9. The molecule has 34 nitrogen and oxygen atoms in total. The summed E-state index contributed by atoms with van der Waals surface area (Å²) in [5.74, 6) is -6.94. The first-order valence-corrected chi connectivity index (χ1v) is 36.6. The summed E-state index contributed by atoms with van der Waals surface area (Å²) in [6.07, 6.45) is -2.30. The first-order chi connectivity index (χ1) is 48.9. The van der Waals surface area contributed by atoms with Crippen LogP contribution in [0.1, 0.15) is 70.3 Å². The van der Waals surface area contributed by atoms with Gasteiger partial charge >= 0.3 is 36.1 Å². The van der Waals surface area contributed by atoms with Crippen LogP contribution in [0.3, 0.4) is 0 Å². The molecule has 0 radical (unpaired) electrons. The number of hydrogen-bond acceptors (Lipinski definition) is 28. The number of aryl methyl sites for hydroxylation is 2. The number of nitrogens with one attached hydrogen (secondary N) is 4. The summed E-state index contributed by atoms with van der Waals surface area (Å²) in [7, 11) is -10.7. The molecule has 2 amide bonds. The van der Waals surface area contributed by atoms with E-state index in [2.05, 4.69) is 50.0 Å². The van der Waals surface area contributed by atoms with E-state index in [4.69, 9.17) is 46.9 Å². The predicted molar refractivity (Wildman–Crippen MR) is 359 cm³/mol. The fourth-order valence-electron chi connectivity index (χ4n) is 8.85. The fraction of sp³-hybridized carbons (Fsp3) is 0.288. The third-order valence-corrected chi connectivity index (χ3v) is 18.5.